The molecule has 4 saturated carbocycles. The SMILES string of the molecule is CCN(OC(F)(F)F)C(=O)[C@@]1(C)CC[C@]2(C)CC[C@]3(C)C(=CC(=O)[C@@H]4[C@@]5(C)CC[C@H](NC(C)=O)C(C)(C)C5CC[C@]43C)[C@@H]2C1. The van der Waals surface area contributed by atoms with Crippen molar-refractivity contribution in [1.29, 1.82) is 0 Å². The summed E-state index contributed by atoms with van der Waals surface area (Å²) in [5, 5.41) is 3.68. The zero-order chi connectivity index (χ0) is 32.9. The highest BCUT2D eigenvalue weighted by Crippen LogP contribution is 2.75. The third-order valence-electron chi connectivity index (χ3n) is 14.2. The largest absolute Gasteiger partial charge is 0.544 e. The van der Waals surface area contributed by atoms with Gasteiger partial charge in [-0.25, -0.2) is 5.06 Å². The quantitative estimate of drug-likeness (QED) is 0.325. The maximum Gasteiger partial charge on any atom is 0.544 e. The number of rotatable bonds is 4. The van der Waals surface area contributed by atoms with Crippen LogP contribution in [0.3, 0.4) is 0 Å². The fourth-order valence-corrected chi connectivity index (χ4v) is 11.6. The molecule has 1 unspecified atom stereocenters. The summed E-state index contributed by atoms with van der Waals surface area (Å²) in [4.78, 5) is 44.4. The molecule has 0 heterocycles. The molecular formula is C35H53F3N2O4. The van der Waals surface area contributed by atoms with Gasteiger partial charge in [0.05, 0.1) is 0 Å². The minimum atomic E-state index is -4.94. The first-order valence-electron chi connectivity index (χ1n) is 16.7. The van der Waals surface area contributed by atoms with Gasteiger partial charge in [-0.15, -0.1) is 13.2 Å². The van der Waals surface area contributed by atoms with Crippen LogP contribution in [0.2, 0.25) is 0 Å². The van der Waals surface area contributed by atoms with Crippen molar-refractivity contribution in [1.82, 2.24) is 10.4 Å². The Bertz CT molecular complexity index is 1260. The van der Waals surface area contributed by atoms with Gasteiger partial charge in [-0.3, -0.25) is 14.4 Å². The van der Waals surface area contributed by atoms with Crippen LogP contribution in [0.25, 0.3) is 0 Å². The summed E-state index contributed by atoms with van der Waals surface area (Å²) in [7, 11) is 0. The van der Waals surface area contributed by atoms with Gasteiger partial charge in [0.25, 0.3) is 5.91 Å². The van der Waals surface area contributed by atoms with Crippen LogP contribution in [-0.2, 0) is 19.2 Å². The Balaban J connectivity index is 1.52. The monoisotopic (exact) mass is 622 g/mol. The highest BCUT2D eigenvalue weighted by atomic mass is 19.4. The Morgan fingerprint density at radius 2 is 1.61 bits per heavy atom. The minimum Gasteiger partial charge on any atom is -0.353 e. The summed E-state index contributed by atoms with van der Waals surface area (Å²) in [6, 6.07) is 0.0691. The van der Waals surface area contributed by atoms with Crippen LogP contribution in [-0.4, -0.2) is 41.6 Å². The van der Waals surface area contributed by atoms with Gasteiger partial charge in [-0.2, -0.15) is 4.84 Å². The van der Waals surface area contributed by atoms with Crippen molar-refractivity contribution in [2.24, 2.45) is 50.2 Å². The van der Waals surface area contributed by atoms with Crippen LogP contribution < -0.4 is 5.32 Å². The number of hydroxylamine groups is 2. The van der Waals surface area contributed by atoms with Crippen molar-refractivity contribution >= 4 is 17.6 Å². The van der Waals surface area contributed by atoms with Crippen molar-refractivity contribution in [2.75, 3.05) is 6.54 Å². The lowest BCUT2D eigenvalue weighted by Gasteiger charge is -2.70. The number of nitrogens with zero attached hydrogens (tertiary/aromatic N) is 1. The van der Waals surface area contributed by atoms with E-state index in [4.69, 9.17) is 0 Å². The molecule has 4 fully saturated rings. The molecule has 0 spiro atoms. The molecule has 5 rings (SSSR count). The van der Waals surface area contributed by atoms with Crippen molar-refractivity contribution in [3.63, 3.8) is 0 Å². The molecule has 0 saturated heterocycles. The van der Waals surface area contributed by atoms with Crippen molar-refractivity contribution < 1.29 is 32.4 Å². The molecular weight excluding hydrogens is 569 g/mol. The third-order valence-corrected chi connectivity index (χ3v) is 14.2. The van der Waals surface area contributed by atoms with E-state index in [9.17, 15) is 27.6 Å². The number of halogens is 3. The molecule has 0 aliphatic heterocycles. The van der Waals surface area contributed by atoms with Crippen molar-refractivity contribution in [3.05, 3.63) is 11.6 Å². The molecule has 0 aromatic heterocycles. The second kappa shape index (κ2) is 10.3. The highest BCUT2D eigenvalue weighted by Gasteiger charge is 2.70. The molecule has 5 aliphatic rings. The van der Waals surface area contributed by atoms with Gasteiger partial charge in [0.2, 0.25) is 5.91 Å². The second-order valence-corrected chi connectivity index (χ2v) is 16.9. The average Bonchev–Trinajstić information content (AvgIpc) is 2.90. The van der Waals surface area contributed by atoms with E-state index in [0.29, 0.717) is 24.3 Å². The van der Waals surface area contributed by atoms with Crippen molar-refractivity contribution in [3.8, 4) is 0 Å². The van der Waals surface area contributed by atoms with E-state index in [1.54, 1.807) is 13.8 Å². The lowest BCUT2D eigenvalue weighted by molar-refractivity contribution is -0.403. The van der Waals surface area contributed by atoms with Crippen molar-refractivity contribution in [2.45, 2.75) is 133 Å². The maximum absolute atomic E-state index is 14.6. The molecule has 6 nitrogen and oxygen atoms in total. The fraction of sp³-hybridized carbons (Fsp3) is 0.857. The first-order chi connectivity index (χ1) is 20.1. The number of hydrogen-bond acceptors (Lipinski definition) is 4. The topological polar surface area (TPSA) is 75.7 Å². The number of hydrogen-bond donors (Lipinski definition) is 1. The number of alkyl halides is 3. The molecule has 0 bridgehead atoms. The highest BCUT2D eigenvalue weighted by molar-refractivity contribution is 5.95. The van der Waals surface area contributed by atoms with Crippen LogP contribution in [0.1, 0.15) is 120 Å². The molecule has 0 aromatic carbocycles. The minimum absolute atomic E-state index is 0.0172. The van der Waals surface area contributed by atoms with Gasteiger partial charge >= 0.3 is 6.36 Å². The lowest BCUT2D eigenvalue weighted by atomic mass is 9.33. The van der Waals surface area contributed by atoms with Crippen LogP contribution in [0.4, 0.5) is 13.2 Å². The average molecular weight is 623 g/mol. The van der Waals surface area contributed by atoms with E-state index in [1.165, 1.54) is 6.92 Å². The maximum atomic E-state index is 14.6. The zero-order valence-corrected chi connectivity index (χ0v) is 28.2. The van der Waals surface area contributed by atoms with Gasteiger partial charge in [0, 0.05) is 30.8 Å². The van der Waals surface area contributed by atoms with Gasteiger partial charge in [-0.1, -0.05) is 54.0 Å². The molecule has 0 radical (unpaired) electrons. The number of fused-ring (bicyclic) bond motifs is 7. The zero-order valence-electron chi connectivity index (χ0n) is 28.2. The summed E-state index contributed by atoms with van der Waals surface area (Å²) < 4.78 is 39.5. The number of carbonyl (C=O) groups is 3. The van der Waals surface area contributed by atoms with Gasteiger partial charge in [-0.05, 0) is 110 Å². The first kappa shape index (κ1) is 33.5. The van der Waals surface area contributed by atoms with Crippen LogP contribution >= 0.6 is 0 Å². The smallest absolute Gasteiger partial charge is 0.353 e. The summed E-state index contributed by atoms with van der Waals surface area (Å²) in [6.45, 7) is 18.4. The number of nitrogens with one attached hydrogen (secondary N) is 1. The molecule has 1 N–H and O–H groups in total. The third kappa shape index (κ3) is 4.79. The number of amides is 2. The summed E-state index contributed by atoms with van der Waals surface area (Å²) in [5.74, 6) is -0.440. The summed E-state index contributed by atoms with van der Waals surface area (Å²) in [6.07, 6.45) is 4.07. The normalized spacial score (nSPS) is 44.7. The summed E-state index contributed by atoms with van der Waals surface area (Å²) in [5.41, 5.74) is -0.979. The van der Waals surface area contributed by atoms with E-state index >= 15 is 0 Å². The summed E-state index contributed by atoms with van der Waals surface area (Å²) >= 11 is 0. The number of ketones is 1. The predicted molar refractivity (Wildman–Crippen MR) is 162 cm³/mol. The standard InChI is InChI=1S/C35H53F3N2O4/c1-10-40(44-35(36,37)38)28(43)31(6)16-15-30(5)17-18-33(8)22(23(30)20-31)19-24(42)27-32(7)13-12-26(39-21(2)41)29(3,4)25(32)11-14-34(27,33)9/h19,23,25-27H,10-18,20H2,1-9H3,(H,39,41)/t23-,25?,26-,27+,30+,31-,32-,33+,34+/m0/s1. The predicted octanol–water partition coefficient (Wildman–Crippen LogP) is 7.77. The molecule has 5 aliphatic carbocycles. The Labute approximate surface area is 261 Å². The molecule has 248 valence electrons. The number of carbonyl (C=O) groups excluding carboxylic acids is 3. The molecule has 44 heavy (non-hydrogen) atoms. The van der Waals surface area contributed by atoms with Crippen LogP contribution in [0, 0.1) is 50.2 Å². The molecule has 9 atom stereocenters. The first-order valence-corrected chi connectivity index (χ1v) is 16.7. The Kier molecular flexibility index (Phi) is 7.83. The van der Waals surface area contributed by atoms with Crippen LogP contribution in [0.15, 0.2) is 11.6 Å². The van der Waals surface area contributed by atoms with Gasteiger partial charge in [0.15, 0.2) is 5.78 Å². The van der Waals surface area contributed by atoms with Crippen LogP contribution in [0.5, 0.6) is 0 Å². The van der Waals surface area contributed by atoms with Gasteiger partial charge in [0.1, 0.15) is 0 Å². The number of allylic oxidation sites excluding steroid dienone is 2. The van der Waals surface area contributed by atoms with E-state index in [-0.39, 0.29) is 69.1 Å². The molecule has 2 amide bonds. The molecule has 9 heteroatoms. The van der Waals surface area contributed by atoms with E-state index in [1.807, 2.05) is 6.08 Å². The molecule has 0 aromatic rings. The van der Waals surface area contributed by atoms with Gasteiger partial charge < -0.3 is 5.32 Å². The van der Waals surface area contributed by atoms with E-state index in [2.05, 4.69) is 51.7 Å². The Hall–Kier alpha value is -1.90. The lowest BCUT2D eigenvalue weighted by Crippen LogP contribution is -2.67. The second-order valence-electron chi connectivity index (χ2n) is 16.9. The Morgan fingerprint density at radius 1 is 0.977 bits per heavy atom. The fourth-order valence-electron chi connectivity index (χ4n) is 11.6. The van der Waals surface area contributed by atoms with E-state index < -0.39 is 17.7 Å². The van der Waals surface area contributed by atoms with E-state index in [0.717, 1.165) is 44.1 Å². The Morgan fingerprint density at radius 3 is 2.20 bits per heavy atom.